The number of carbonyl (C=O) groups excluding carboxylic acids is 2. The van der Waals surface area contributed by atoms with Crippen molar-refractivity contribution in [2.45, 2.75) is 70.8 Å². The Labute approximate surface area is 175 Å². The Balaban J connectivity index is 1.58. The smallest absolute Gasteiger partial charge is 0.236 e. The van der Waals surface area contributed by atoms with Crippen LogP contribution in [-0.2, 0) is 9.59 Å². The Bertz CT molecular complexity index is 680. The fraction of sp³-hybridized carbons (Fsp3) is 0.667. The summed E-state index contributed by atoms with van der Waals surface area (Å²) in [5.41, 5.74) is 8.13. The molecular weight excluding hydrogens is 362 g/mol. The van der Waals surface area contributed by atoms with Gasteiger partial charge in [0, 0.05) is 19.1 Å². The van der Waals surface area contributed by atoms with E-state index in [1.807, 2.05) is 0 Å². The molecule has 5 nitrogen and oxygen atoms in total. The molecule has 0 unspecified atom stereocenters. The first kappa shape index (κ1) is 21.8. The second kappa shape index (κ2) is 10.2. The number of amides is 2. The molecule has 1 saturated carbocycles. The van der Waals surface area contributed by atoms with E-state index < -0.39 is 0 Å². The lowest BCUT2D eigenvalue weighted by Crippen LogP contribution is -2.47. The highest BCUT2D eigenvalue weighted by atomic mass is 16.2. The Morgan fingerprint density at radius 3 is 2.38 bits per heavy atom. The maximum atomic E-state index is 12.7. The third-order valence-electron chi connectivity index (χ3n) is 6.69. The average molecular weight is 400 g/mol. The summed E-state index contributed by atoms with van der Waals surface area (Å²) in [5.74, 6) is 0.639. The zero-order valence-corrected chi connectivity index (χ0v) is 18.0. The summed E-state index contributed by atoms with van der Waals surface area (Å²) in [4.78, 5) is 26.0. The Morgan fingerprint density at radius 2 is 1.76 bits per heavy atom. The number of piperidine rings is 1. The van der Waals surface area contributed by atoms with Crippen LogP contribution in [0.3, 0.4) is 0 Å². The van der Waals surface area contributed by atoms with Crippen LogP contribution < -0.4 is 11.1 Å². The lowest BCUT2D eigenvalue weighted by atomic mass is 9.83. The largest absolute Gasteiger partial charge is 0.369 e. The number of rotatable bonds is 7. The number of nitrogens with two attached hydrogens (primary N) is 1. The maximum absolute atomic E-state index is 12.7. The van der Waals surface area contributed by atoms with E-state index in [1.165, 1.54) is 43.2 Å². The molecule has 0 bridgehead atoms. The number of nitrogens with one attached hydrogen (secondary N) is 1. The highest BCUT2D eigenvalue weighted by Gasteiger charge is 2.27. The fourth-order valence-corrected chi connectivity index (χ4v) is 4.89. The van der Waals surface area contributed by atoms with Gasteiger partial charge in [0.25, 0.3) is 0 Å². The van der Waals surface area contributed by atoms with Crippen molar-refractivity contribution in [1.82, 2.24) is 10.2 Å². The van der Waals surface area contributed by atoms with Gasteiger partial charge >= 0.3 is 0 Å². The number of primary amides is 1. The summed E-state index contributed by atoms with van der Waals surface area (Å²) in [5, 5.41) is 3.47. The van der Waals surface area contributed by atoms with Crippen molar-refractivity contribution in [1.29, 1.82) is 0 Å². The predicted molar refractivity (Wildman–Crippen MR) is 116 cm³/mol. The van der Waals surface area contributed by atoms with Crippen LogP contribution in [0.1, 0.15) is 81.9 Å². The van der Waals surface area contributed by atoms with Crippen LogP contribution in [0.2, 0.25) is 0 Å². The van der Waals surface area contributed by atoms with Crippen LogP contribution in [0, 0.1) is 11.8 Å². The SMILES string of the molecule is CC(C)[C@@H](NCC(=O)N1CCC[C@H](C(N)=O)C1)c1ccc(C2CCCCC2)cc1. The molecule has 160 valence electrons. The normalized spacial score (nSPS) is 21.9. The molecule has 1 saturated heterocycles. The van der Waals surface area contributed by atoms with Crippen LogP contribution in [0.25, 0.3) is 0 Å². The number of carbonyl (C=O) groups is 2. The second-order valence-electron chi connectivity index (χ2n) is 9.19. The van der Waals surface area contributed by atoms with Crippen molar-refractivity contribution in [2.75, 3.05) is 19.6 Å². The molecule has 1 aliphatic carbocycles. The van der Waals surface area contributed by atoms with Crippen LogP contribution >= 0.6 is 0 Å². The van der Waals surface area contributed by atoms with Gasteiger partial charge in [0.05, 0.1) is 12.5 Å². The highest BCUT2D eigenvalue weighted by Crippen LogP contribution is 2.33. The molecule has 0 aromatic heterocycles. The van der Waals surface area contributed by atoms with Crippen molar-refractivity contribution in [3.05, 3.63) is 35.4 Å². The minimum absolute atomic E-state index is 0.0559. The summed E-state index contributed by atoms with van der Waals surface area (Å²) in [6.07, 6.45) is 8.31. The van der Waals surface area contributed by atoms with E-state index in [-0.39, 0.29) is 23.8 Å². The first-order chi connectivity index (χ1) is 14.0. The number of benzene rings is 1. The minimum atomic E-state index is -0.298. The third kappa shape index (κ3) is 5.81. The molecule has 5 heteroatoms. The fourth-order valence-electron chi connectivity index (χ4n) is 4.89. The van der Waals surface area contributed by atoms with E-state index in [0.29, 0.717) is 31.5 Å². The van der Waals surface area contributed by atoms with Gasteiger partial charge in [0.2, 0.25) is 11.8 Å². The Morgan fingerprint density at radius 1 is 1.07 bits per heavy atom. The van der Waals surface area contributed by atoms with Gasteiger partial charge in [-0.2, -0.15) is 0 Å². The maximum Gasteiger partial charge on any atom is 0.236 e. The van der Waals surface area contributed by atoms with Crippen molar-refractivity contribution in [3.63, 3.8) is 0 Å². The second-order valence-corrected chi connectivity index (χ2v) is 9.19. The van der Waals surface area contributed by atoms with Crippen molar-refractivity contribution < 1.29 is 9.59 Å². The van der Waals surface area contributed by atoms with Gasteiger partial charge in [-0.25, -0.2) is 0 Å². The zero-order valence-electron chi connectivity index (χ0n) is 18.0. The monoisotopic (exact) mass is 399 g/mol. The molecule has 0 spiro atoms. The van der Waals surface area contributed by atoms with Gasteiger partial charge in [-0.05, 0) is 48.6 Å². The quantitative estimate of drug-likeness (QED) is 0.733. The number of hydrogen-bond donors (Lipinski definition) is 2. The molecule has 29 heavy (non-hydrogen) atoms. The predicted octanol–water partition coefficient (Wildman–Crippen LogP) is 3.74. The molecular formula is C24H37N3O2. The van der Waals surface area contributed by atoms with Crippen molar-refractivity contribution >= 4 is 11.8 Å². The summed E-state index contributed by atoms with van der Waals surface area (Å²) in [7, 11) is 0. The Hall–Kier alpha value is -1.88. The van der Waals surface area contributed by atoms with Crippen molar-refractivity contribution in [3.8, 4) is 0 Å². The van der Waals surface area contributed by atoms with Crippen LogP contribution in [0.4, 0.5) is 0 Å². The van der Waals surface area contributed by atoms with E-state index >= 15 is 0 Å². The molecule has 0 radical (unpaired) electrons. The Kier molecular flexibility index (Phi) is 7.70. The first-order valence-electron chi connectivity index (χ1n) is 11.4. The standard InChI is InChI=1S/C24H37N3O2/c1-17(2)23(20-12-10-19(11-13-20)18-7-4-3-5-8-18)26-15-22(28)27-14-6-9-21(16-27)24(25)29/h10-13,17-18,21,23,26H,3-9,14-16H2,1-2H3,(H2,25,29)/t21-,23+/m0/s1. The van der Waals surface area contributed by atoms with Gasteiger partial charge in [-0.3, -0.25) is 9.59 Å². The number of likely N-dealkylation sites (tertiary alicyclic amines) is 1. The molecule has 3 N–H and O–H groups in total. The molecule has 2 aliphatic rings. The van der Waals surface area contributed by atoms with Crippen LogP contribution in [0.15, 0.2) is 24.3 Å². The van der Waals surface area contributed by atoms with E-state index in [9.17, 15) is 9.59 Å². The van der Waals surface area contributed by atoms with E-state index in [0.717, 1.165) is 12.8 Å². The third-order valence-corrected chi connectivity index (χ3v) is 6.69. The number of nitrogens with zero attached hydrogens (tertiary/aromatic N) is 1. The summed E-state index contributed by atoms with van der Waals surface area (Å²) in [6, 6.07) is 9.17. The van der Waals surface area contributed by atoms with Gasteiger partial charge in [-0.1, -0.05) is 57.4 Å². The van der Waals surface area contributed by atoms with Gasteiger partial charge < -0.3 is 16.0 Å². The van der Waals surface area contributed by atoms with E-state index in [2.05, 4.69) is 43.4 Å². The molecule has 1 aromatic rings. The minimum Gasteiger partial charge on any atom is -0.369 e. The van der Waals surface area contributed by atoms with Crippen LogP contribution in [0.5, 0.6) is 0 Å². The lowest BCUT2D eigenvalue weighted by molar-refractivity contribution is -0.134. The molecule has 1 heterocycles. The summed E-state index contributed by atoms with van der Waals surface area (Å²) in [6.45, 7) is 5.83. The van der Waals surface area contributed by atoms with Crippen molar-refractivity contribution in [2.24, 2.45) is 17.6 Å². The average Bonchev–Trinajstić information content (AvgIpc) is 2.74. The van der Waals surface area contributed by atoms with Gasteiger partial charge in [0.1, 0.15) is 0 Å². The number of hydrogen-bond acceptors (Lipinski definition) is 3. The lowest BCUT2D eigenvalue weighted by Gasteiger charge is -2.32. The summed E-state index contributed by atoms with van der Waals surface area (Å²) >= 11 is 0. The first-order valence-corrected chi connectivity index (χ1v) is 11.4. The van der Waals surface area contributed by atoms with Gasteiger partial charge in [-0.15, -0.1) is 0 Å². The molecule has 2 amide bonds. The highest BCUT2D eigenvalue weighted by molar-refractivity contribution is 5.81. The van der Waals surface area contributed by atoms with E-state index in [1.54, 1.807) is 4.90 Å². The van der Waals surface area contributed by atoms with Gasteiger partial charge in [0.15, 0.2) is 0 Å². The zero-order chi connectivity index (χ0) is 20.8. The topological polar surface area (TPSA) is 75.4 Å². The summed E-state index contributed by atoms with van der Waals surface area (Å²) < 4.78 is 0. The molecule has 2 atom stereocenters. The van der Waals surface area contributed by atoms with Crippen LogP contribution in [-0.4, -0.2) is 36.3 Å². The molecule has 1 aliphatic heterocycles. The van der Waals surface area contributed by atoms with E-state index in [4.69, 9.17) is 5.73 Å². The molecule has 1 aromatic carbocycles. The molecule has 3 rings (SSSR count). The molecule has 2 fully saturated rings.